The summed E-state index contributed by atoms with van der Waals surface area (Å²) in [7, 11) is 0. The Labute approximate surface area is 193 Å². The third kappa shape index (κ3) is 5.92. The molecule has 3 aromatic rings. The van der Waals surface area contributed by atoms with E-state index >= 15 is 0 Å². The fourth-order valence-electron chi connectivity index (χ4n) is 2.40. The molecule has 0 bridgehead atoms. The molecule has 27 heavy (non-hydrogen) atoms. The fraction of sp³-hybridized carbons (Fsp3) is 0.0952. The molecule has 0 saturated carbocycles. The molecule has 0 saturated heterocycles. The number of esters is 1. The summed E-state index contributed by atoms with van der Waals surface area (Å²) in [4.78, 5) is 12.4. The van der Waals surface area contributed by atoms with Crippen molar-refractivity contribution in [1.82, 2.24) is 0 Å². The SMILES string of the molecule is O=C(OCc1ccccc1)c1cc(I)c(OCc2cccc(Br)c2)c(I)c1. The summed E-state index contributed by atoms with van der Waals surface area (Å²) in [5.41, 5.74) is 2.56. The minimum absolute atomic E-state index is 0.258. The molecule has 0 aliphatic carbocycles. The van der Waals surface area contributed by atoms with Crippen LogP contribution in [0.4, 0.5) is 0 Å². The van der Waals surface area contributed by atoms with Crippen LogP contribution < -0.4 is 4.74 Å². The molecule has 0 N–H and O–H groups in total. The summed E-state index contributed by atoms with van der Waals surface area (Å²) in [5.74, 6) is 0.434. The van der Waals surface area contributed by atoms with Crippen molar-refractivity contribution in [3.63, 3.8) is 0 Å². The highest BCUT2D eigenvalue weighted by Gasteiger charge is 2.15. The van der Waals surface area contributed by atoms with E-state index in [1.807, 2.05) is 54.6 Å². The van der Waals surface area contributed by atoms with Gasteiger partial charge < -0.3 is 9.47 Å². The van der Waals surface area contributed by atoms with Gasteiger partial charge in [0.1, 0.15) is 19.0 Å². The zero-order valence-corrected chi connectivity index (χ0v) is 20.0. The van der Waals surface area contributed by atoms with Crippen molar-refractivity contribution in [1.29, 1.82) is 0 Å². The van der Waals surface area contributed by atoms with E-state index in [9.17, 15) is 4.79 Å². The predicted molar refractivity (Wildman–Crippen MR) is 126 cm³/mol. The summed E-state index contributed by atoms with van der Waals surface area (Å²) in [6, 6.07) is 21.2. The molecule has 0 atom stereocenters. The molecule has 0 fully saturated rings. The monoisotopic (exact) mass is 648 g/mol. The van der Waals surface area contributed by atoms with E-state index in [2.05, 4.69) is 61.1 Å². The van der Waals surface area contributed by atoms with Crippen LogP contribution in [0.15, 0.2) is 71.2 Å². The first kappa shape index (κ1) is 20.6. The topological polar surface area (TPSA) is 35.5 Å². The Balaban J connectivity index is 1.67. The van der Waals surface area contributed by atoms with Crippen LogP contribution in [0.25, 0.3) is 0 Å². The lowest BCUT2D eigenvalue weighted by molar-refractivity contribution is 0.0472. The molecule has 0 amide bonds. The number of carbonyl (C=O) groups excluding carboxylic acids is 1. The van der Waals surface area contributed by atoms with E-state index in [1.54, 1.807) is 12.1 Å². The number of benzene rings is 3. The summed E-state index contributed by atoms with van der Waals surface area (Å²) >= 11 is 7.84. The van der Waals surface area contributed by atoms with Crippen LogP contribution in [0.2, 0.25) is 0 Å². The van der Waals surface area contributed by atoms with Gasteiger partial charge >= 0.3 is 5.97 Å². The molecule has 0 spiro atoms. The third-order valence-electron chi connectivity index (χ3n) is 3.72. The first-order valence-electron chi connectivity index (χ1n) is 8.10. The van der Waals surface area contributed by atoms with Gasteiger partial charge in [0, 0.05) is 4.47 Å². The molecular formula is C21H15BrI2O3. The van der Waals surface area contributed by atoms with Crippen LogP contribution in [-0.2, 0) is 18.0 Å². The molecule has 0 heterocycles. The van der Waals surface area contributed by atoms with Crippen molar-refractivity contribution >= 4 is 67.1 Å². The maximum atomic E-state index is 12.4. The Morgan fingerprint density at radius 1 is 0.852 bits per heavy atom. The molecule has 3 rings (SSSR count). The van der Waals surface area contributed by atoms with E-state index in [0.717, 1.165) is 28.5 Å². The minimum Gasteiger partial charge on any atom is -0.487 e. The van der Waals surface area contributed by atoms with E-state index in [-0.39, 0.29) is 12.6 Å². The zero-order chi connectivity index (χ0) is 19.2. The van der Waals surface area contributed by atoms with Crippen molar-refractivity contribution in [3.05, 3.63) is 95.0 Å². The maximum absolute atomic E-state index is 12.4. The van der Waals surface area contributed by atoms with E-state index in [4.69, 9.17) is 9.47 Å². The Hall–Kier alpha value is -1.13. The van der Waals surface area contributed by atoms with Crippen LogP contribution in [0, 0.1) is 7.14 Å². The molecule has 3 aromatic carbocycles. The zero-order valence-electron chi connectivity index (χ0n) is 14.1. The van der Waals surface area contributed by atoms with E-state index < -0.39 is 0 Å². The number of hydrogen-bond donors (Lipinski definition) is 0. The van der Waals surface area contributed by atoms with Gasteiger partial charge in [-0.1, -0.05) is 58.4 Å². The van der Waals surface area contributed by atoms with Crippen LogP contribution >= 0.6 is 61.1 Å². The van der Waals surface area contributed by atoms with Crippen molar-refractivity contribution in [2.45, 2.75) is 13.2 Å². The van der Waals surface area contributed by atoms with Gasteiger partial charge in [-0.3, -0.25) is 0 Å². The predicted octanol–water partition coefficient (Wildman–Crippen LogP) is 6.59. The molecule has 3 nitrogen and oxygen atoms in total. The van der Waals surface area contributed by atoms with E-state index in [1.165, 1.54) is 0 Å². The lowest BCUT2D eigenvalue weighted by atomic mass is 10.2. The lowest BCUT2D eigenvalue weighted by Crippen LogP contribution is -2.07. The van der Waals surface area contributed by atoms with E-state index in [0.29, 0.717) is 12.2 Å². The lowest BCUT2D eigenvalue weighted by Gasteiger charge is -2.13. The highest BCUT2D eigenvalue weighted by Crippen LogP contribution is 2.30. The summed E-state index contributed by atoms with van der Waals surface area (Å²) in [6.07, 6.45) is 0. The molecule has 0 radical (unpaired) electrons. The molecule has 138 valence electrons. The van der Waals surface area contributed by atoms with Gasteiger partial charge in [0.15, 0.2) is 0 Å². The number of halogens is 3. The number of rotatable bonds is 6. The normalized spacial score (nSPS) is 10.5. The van der Waals surface area contributed by atoms with Crippen molar-refractivity contribution < 1.29 is 14.3 Å². The molecule has 6 heteroatoms. The summed E-state index contributed by atoms with van der Waals surface area (Å²) < 4.78 is 14.2. The quantitative estimate of drug-likeness (QED) is 0.224. The molecule has 0 unspecified atom stereocenters. The molecular weight excluding hydrogens is 634 g/mol. The van der Waals surface area contributed by atoms with Gasteiger partial charge in [-0.25, -0.2) is 4.79 Å². The summed E-state index contributed by atoms with van der Waals surface area (Å²) in [6.45, 7) is 0.719. The highest BCUT2D eigenvalue weighted by molar-refractivity contribution is 14.1. The van der Waals surface area contributed by atoms with Crippen molar-refractivity contribution in [3.8, 4) is 5.75 Å². The van der Waals surface area contributed by atoms with Crippen LogP contribution in [0.5, 0.6) is 5.75 Å². The van der Waals surface area contributed by atoms with Crippen LogP contribution in [-0.4, -0.2) is 5.97 Å². The highest BCUT2D eigenvalue weighted by atomic mass is 127. The number of hydrogen-bond acceptors (Lipinski definition) is 3. The average Bonchev–Trinajstić information content (AvgIpc) is 2.66. The van der Waals surface area contributed by atoms with Crippen molar-refractivity contribution in [2.75, 3.05) is 0 Å². The standard InChI is InChI=1S/C21H15BrI2O3/c22-17-8-4-7-15(9-17)13-26-20-18(23)10-16(11-19(20)24)21(25)27-12-14-5-2-1-3-6-14/h1-11H,12-13H2. The Morgan fingerprint density at radius 2 is 1.52 bits per heavy atom. The first-order chi connectivity index (χ1) is 13.0. The molecule has 0 aromatic heterocycles. The number of ether oxygens (including phenoxy) is 2. The maximum Gasteiger partial charge on any atom is 0.338 e. The van der Waals surface area contributed by atoms with Gasteiger partial charge in [0.05, 0.1) is 12.7 Å². The fourth-order valence-corrected chi connectivity index (χ4v) is 4.93. The second kappa shape index (κ2) is 9.88. The van der Waals surface area contributed by atoms with Gasteiger partial charge in [0.25, 0.3) is 0 Å². The van der Waals surface area contributed by atoms with Crippen LogP contribution in [0.1, 0.15) is 21.5 Å². The van der Waals surface area contributed by atoms with Crippen molar-refractivity contribution in [2.24, 2.45) is 0 Å². The summed E-state index contributed by atoms with van der Waals surface area (Å²) in [5, 5.41) is 0. The second-order valence-electron chi connectivity index (χ2n) is 5.75. The van der Waals surface area contributed by atoms with Gasteiger partial charge in [-0.15, -0.1) is 0 Å². The molecule has 0 aliphatic rings. The largest absolute Gasteiger partial charge is 0.487 e. The van der Waals surface area contributed by atoms with Crippen LogP contribution in [0.3, 0.4) is 0 Å². The Bertz CT molecular complexity index is 922. The number of carbonyl (C=O) groups is 1. The van der Waals surface area contributed by atoms with Gasteiger partial charge in [0.2, 0.25) is 0 Å². The Morgan fingerprint density at radius 3 is 2.19 bits per heavy atom. The second-order valence-corrected chi connectivity index (χ2v) is 8.99. The average molecular weight is 649 g/mol. The smallest absolute Gasteiger partial charge is 0.338 e. The van der Waals surface area contributed by atoms with Gasteiger partial charge in [-0.2, -0.15) is 0 Å². The first-order valence-corrected chi connectivity index (χ1v) is 11.1. The molecule has 0 aliphatic heterocycles. The van der Waals surface area contributed by atoms with Gasteiger partial charge in [-0.05, 0) is 80.6 Å². The minimum atomic E-state index is -0.340. The third-order valence-corrected chi connectivity index (χ3v) is 5.81. The Kier molecular flexibility index (Phi) is 7.54.